The van der Waals surface area contributed by atoms with Gasteiger partial charge in [-0.1, -0.05) is 44.2 Å². The Hall–Kier alpha value is -4.99. The van der Waals surface area contributed by atoms with Crippen LogP contribution in [0.1, 0.15) is 82.0 Å². The van der Waals surface area contributed by atoms with Crippen LogP contribution in [0.15, 0.2) is 46.5 Å². The second-order valence-corrected chi connectivity index (χ2v) is 12.2. The average molecular weight is 649 g/mol. The fraction of sp³-hybridized carbons (Fsp3) is 0.433. The van der Waals surface area contributed by atoms with Gasteiger partial charge in [0.05, 0.1) is 6.04 Å². The van der Waals surface area contributed by atoms with E-state index in [1.165, 1.54) is 22.3 Å². The van der Waals surface area contributed by atoms with Gasteiger partial charge in [-0.25, -0.2) is 14.6 Å². The van der Waals surface area contributed by atoms with Crippen LogP contribution in [-0.4, -0.2) is 78.3 Å². The topological polar surface area (TPSA) is 190 Å². The van der Waals surface area contributed by atoms with E-state index < -0.39 is 23.9 Å². The minimum Gasteiger partial charge on any atom is -0.443 e. The maximum absolute atomic E-state index is 13.5. The fourth-order valence-electron chi connectivity index (χ4n) is 5.03. The zero-order valence-electron chi connectivity index (χ0n) is 25.8. The molecule has 2 atom stereocenters. The van der Waals surface area contributed by atoms with Crippen LogP contribution in [-0.2, 0) is 22.6 Å². The van der Waals surface area contributed by atoms with Crippen LogP contribution in [0.2, 0.25) is 0 Å². The highest BCUT2D eigenvalue weighted by molar-refractivity contribution is 7.09. The van der Waals surface area contributed by atoms with Crippen LogP contribution >= 0.6 is 11.3 Å². The summed E-state index contributed by atoms with van der Waals surface area (Å²) in [5.41, 5.74) is 1.26. The van der Waals surface area contributed by atoms with Gasteiger partial charge in [-0.15, -0.1) is 16.4 Å². The molecule has 15 nitrogen and oxygen atoms in total. The highest BCUT2D eigenvalue weighted by atomic mass is 32.1. The molecule has 4 heterocycles. The highest BCUT2D eigenvalue weighted by Gasteiger charge is 2.29. The number of benzene rings is 1. The quantitative estimate of drug-likeness (QED) is 0.289. The maximum atomic E-state index is 13.5. The number of rotatable bonds is 5. The van der Waals surface area contributed by atoms with Crippen LogP contribution in [0.25, 0.3) is 0 Å². The SMILES string of the molecule is Cc1oc2nc1C(=O)N[C@@H](C(C)C)c1nc(cs1)C(=O)NCCN(C(=O)Cn1cnnn1)CCCC(=O)N[C@H]2Cc1ccccc1. The molecule has 242 valence electrons. The number of hydrogen-bond acceptors (Lipinski definition) is 11. The van der Waals surface area contributed by atoms with Gasteiger partial charge in [0, 0.05) is 37.9 Å². The Labute approximate surface area is 269 Å². The van der Waals surface area contributed by atoms with Crippen molar-refractivity contribution in [3.05, 3.63) is 75.6 Å². The summed E-state index contributed by atoms with van der Waals surface area (Å²) in [4.78, 5) is 63.4. The van der Waals surface area contributed by atoms with Gasteiger partial charge in [0.2, 0.25) is 17.7 Å². The van der Waals surface area contributed by atoms with Gasteiger partial charge in [-0.05, 0) is 35.3 Å². The van der Waals surface area contributed by atoms with Crippen molar-refractivity contribution in [2.45, 2.75) is 58.7 Å². The minimum absolute atomic E-state index is 0.0552. The zero-order valence-corrected chi connectivity index (χ0v) is 26.6. The van der Waals surface area contributed by atoms with E-state index in [-0.39, 0.29) is 67.6 Å². The lowest BCUT2D eigenvalue weighted by Gasteiger charge is -2.23. The molecule has 4 bridgehead atoms. The molecule has 0 spiro atoms. The molecular formula is C30H36N10O5S. The van der Waals surface area contributed by atoms with Crippen molar-refractivity contribution < 1.29 is 23.6 Å². The normalized spacial score (nSPS) is 18.5. The second-order valence-electron chi connectivity index (χ2n) is 11.3. The molecular weight excluding hydrogens is 612 g/mol. The lowest BCUT2D eigenvalue weighted by molar-refractivity contribution is -0.132. The van der Waals surface area contributed by atoms with Gasteiger partial charge in [0.1, 0.15) is 35.4 Å². The van der Waals surface area contributed by atoms with Crippen molar-refractivity contribution in [3.63, 3.8) is 0 Å². The summed E-state index contributed by atoms with van der Waals surface area (Å²) in [5.74, 6) is -0.916. The molecule has 0 unspecified atom stereocenters. The first-order valence-electron chi connectivity index (χ1n) is 15.0. The number of thiazole rings is 1. The Bertz CT molecular complexity index is 1650. The number of carbonyl (C=O) groups is 4. The van der Waals surface area contributed by atoms with E-state index >= 15 is 0 Å². The Kier molecular flexibility index (Phi) is 10.5. The lowest BCUT2D eigenvalue weighted by atomic mass is 10.0. The molecule has 0 fully saturated rings. The first-order chi connectivity index (χ1) is 22.2. The third-order valence-electron chi connectivity index (χ3n) is 7.46. The van der Waals surface area contributed by atoms with E-state index in [1.807, 2.05) is 44.2 Å². The lowest BCUT2D eigenvalue weighted by Crippen LogP contribution is -2.41. The Morgan fingerprint density at radius 2 is 1.89 bits per heavy atom. The fourth-order valence-corrected chi connectivity index (χ4v) is 6.05. The first kappa shape index (κ1) is 32.4. The number of tetrazole rings is 1. The minimum atomic E-state index is -0.643. The Morgan fingerprint density at radius 1 is 1.09 bits per heavy atom. The van der Waals surface area contributed by atoms with Crippen molar-refractivity contribution in [1.82, 2.24) is 51.0 Å². The summed E-state index contributed by atoms with van der Waals surface area (Å²) in [7, 11) is 0. The molecule has 4 aromatic rings. The van der Waals surface area contributed by atoms with Gasteiger partial charge < -0.3 is 25.3 Å². The number of hydrogen-bond donors (Lipinski definition) is 3. The van der Waals surface area contributed by atoms with Crippen molar-refractivity contribution >= 4 is 35.0 Å². The molecule has 4 amide bonds. The van der Waals surface area contributed by atoms with Gasteiger partial charge in [0.15, 0.2) is 5.69 Å². The van der Waals surface area contributed by atoms with Crippen LogP contribution in [0.4, 0.5) is 0 Å². The molecule has 1 aliphatic rings. The molecule has 0 radical (unpaired) electrons. The number of aromatic nitrogens is 6. The molecule has 5 rings (SSSR count). The predicted octanol–water partition coefficient (Wildman–Crippen LogP) is 2.01. The molecule has 16 heteroatoms. The highest BCUT2D eigenvalue weighted by Crippen LogP contribution is 2.27. The predicted molar refractivity (Wildman–Crippen MR) is 165 cm³/mol. The molecule has 0 saturated carbocycles. The van der Waals surface area contributed by atoms with E-state index in [2.05, 4.69) is 41.4 Å². The van der Waals surface area contributed by atoms with Gasteiger partial charge in [0.25, 0.3) is 11.8 Å². The number of nitrogens with one attached hydrogen (secondary N) is 3. The Morgan fingerprint density at radius 3 is 2.63 bits per heavy atom. The van der Waals surface area contributed by atoms with Crippen molar-refractivity contribution in [2.75, 3.05) is 19.6 Å². The van der Waals surface area contributed by atoms with E-state index in [1.54, 1.807) is 17.2 Å². The summed E-state index contributed by atoms with van der Waals surface area (Å²) in [6.45, 7) is 6.07. The molecule has 0 saturated heterocycles. The van der Waals surface area contributed by atoms with Crippen molar-refractivity contribution in [1.29, 1.82) is 0 Å². The van der Waals surface area contributed by atoms with E-state index in [9.17, 15) is 19.2 Å². The molecule has 46 heavy (non-hydrogen) atoms. The first-order valence-corrected chi connectivity index (χ1v) is 15.9. The molecule has 1 aliphatic heterocycles. The molecule has 3 N–H and O–H groups in total. The van der Waals surface area contributed by atoms with Crippen LogP contribution in [0, 0.1) is 12.8 Å². The number of aryl methyl sites for hydroxylation is 1. The number of carbonyl (C=O) groups excluding carboxylic acids is 4. The summed E-state index contributed by atoms with van der Waals surface area (Å²) < 4.78 is 7.29. The smallest absolute Gasteiger partial charge is 0.274 e. The zero-order chi connectivity index (χ0) is 32.6. The molecule has 3 aromatic heterocycles. The van der Waals surface area contributed by atoms with E-state index in [0.717, 1.165) is 5.56 Å². The van der Waals surface area contributed by atoms with Gasteiger partial charge in [-0.3, -0.25) is 19.2 Å². The largest absolute Gasteiger partial charge is 0.443 e. The van der Waals surface area contributed by atoms with Crippen LogP contribution in [0.3, 0.4) is 0 Å². The van der Waals surface area contributed by atoms with Crippen LogP contribution in [0.5, 0.6) is 0 Å². The molecule has 1 aromatic carbocycles. The Balaban J connectivity index is 1.43. The summed E-state index contributed by atoms with van der Waals surface area (Å²) in [5, 5.41) is 21.9. The maximum Gasteiger partial charge on any atom is 0.274 e. The van der Waals surface area contributed by atoms with Gasteiger partial charge >= 0.3 is 0 Å². The van der Waals surface area contributed by atoms with Crippen LogP contribution < -0.4 is 16.0 Å². The second kappa shape index (κ2) is 14.9. The third-order valence-corrected chi connectivity index (χ3v) is 8.39. The third kappa shape index (κ3) is 8.18. The monoisotopic (exact) mass is 648 g/mol. The van der Waals surface area contributed by atoms with E-state index in [0.29, 0.717) is 23.6 Å². The summed E-state index contributed by atoms with van der Waals surface area (Å²) in [6, 6.07) is 8.45. The number of fused-ring (bicyclic) bond motifs is 4. The molecule has 0 aliphatic carbocycles. The van der Waals surface area contributed by atoms with E-state index in [4.69, 9.17) is 4.42 Å². The number of oxazole rings is 1. The average Bonchev–Trinajstić information content (AvgIpc) is 3.80. The van der Waals surface area contributed by atoms with Gasteiger partial charge in [-0.2, -0.15) is 0 Å². The number of nitrogens with zero attached hydrogens (tertiary/aromatic N) is 7. The number of amides is 4. The van der Waals surface area contributed by atoms with Crippen molar-refractivity contribution in [3.8, 4) is 0 Å². The standard InChI is InChI=1S/C30H36N10O5S/c1-18(2)25-30-34-22(16-46-30)27(43)31-11-13-39(24(42)15-40-17-32-37-38-40)12-7-10-23(41)33-21(14-20-8-5-4-6-9-20)29-36-26(19(3)45-29)28(44)35-25/h4-6,8-9,16-18,21,25H,7,10-15H2,1-3H3,(H,31,43)(H,33,41)(H,35,44)/t21-,25-/m0/s1. The summed E-state index contributed by atoms with van der Waals surface area (Å²) in [6.07, 6.45) is 2.19. The summed E-state index contributed by atoms with van der Waals surface area (Å²) >= 11 is 1.27. The van der Waals surface area contributed by atoms with Crippen molar-refractivity contribution in [2.24, 2.45) is 5.92 Å².